The molecule has 0 saturated carbocycles. The molecular weight excluding hydrogens is 312 g/mol. The minimum atomic E-state index is 0.230. The number of rotatable bonds is 3. The lowest BCUT2D eigenvalue weighted by Crippen LogP contribution is -1.96. The third kappa shape index (κ3) is 2.45. The average molecular weight is 330 g/mol. The second-order valence-electron chi connectivity index (χ2n) is 6.00. The first-order valence-corrected chi connectivity index (χ1v) is 8.32. The SMILES string of the molecule is CCn1c(C)c(/C=C(/C#N)c2ccc3c(c2)OCO3)c2ccccc21. The standard InChI is InChI=1S/C21H18N2O2/c1-3-23-14(2)18(17-6-4-5-7-19(17)23)10-16(12-22)15-8-9-20-21(11-15)25-13-24-20/h4-11H,3,13H2,1-2H3/b16-10-. The molecule has 0 spiro atoms. The molecule has 1 aliphatic rings. The fourth-order valence-electron chi connectivity index (χ4n) is 3.44. The fourth-order valence-corrected chi connectivity index (χ4v) is 3.44. The molecule has 124 valence electrons. The summed E-state index contributed by atoms with van der Waals surface area (Å²) in [4.78, 5) is 0. The zero-order chi connectivity index (χ0) is 17.4. The van der Waals surface area contributed by atoms with E-state index >= 15 is 0 Å². The van der Waals surface area contributed by atoms with E-state index in [0.29, 0.717) is 11.3 Å². The van der Waals surface area contributed by atoms with Crippen molar-refractivity contribution in [2.24, 2.45) is 0 Å². The van der Waals surface area contributed by atoms with Gasteiger partial charge in [0.05, 0.1) is 11.6 Å². The molecule has 2 heterocycles. The molecule has 4 heteroatoms. The molecule has 0 aliphatic carbocycles. The van der Waals surface area contributed by atoms with Crippen molar-refractivity contribution in [3.8, 4) is 17.6 Å². The van der Waals surface area contributed by atoms with Crippen molar-refractivity contribution in [2.45, 2.75) is 20.4 Å². The molecule has 4 rings (SSSR count). The lowest BCUT2D eigenvalue weighted by Gasteiger charge is -2.04. The third-order valence-corrected chi connectivity index (χ3v) is 4.69. The molecule has 0 atom stereocenters. The van der Waals surface area contributed by atoms with Gasteiger partial charge in [-0.25, -0.2) is 0 Å². The molecule has 1 aliphatic heterocycles. The first-order chi connectivity index (χ1) is 12.2. The van der Waals surface area contributed by atoms with Crippen LogP contribution in [0.5, 0.6) is 11.5 Å². The second kappa shape index (κ2) is 6.03. The summed E-state index contributed by atoms with van der Waals surface area (Å²) in [6, 6.07) is 16.3. The summed E-state index contributed by atoms with van der Waals surface area (Å²) in [6.45, 7) is 5.36. The maximum Gasteiger partial charge on any atom is 0.231 e. The normalized spacial score (nSPS) is 13.2. The smallest absolute Gasteiger partial charge is 0.231 e. The van der Waals surface area contributed by atoms with Crippen molar-refractivity contribution in [3.05, 3.63) is 59.3 Å². The third-order valence-electron chi connectivity index (χ3n) is 4.69. The van der Waals surface area contributed by atoms with Gasteiger partial charge in [-0.2, -0.15) is 5.26 Å². The summed E-state index contributed by atoms with van der Waals surface area (Å²) < 4.78 is 13.1. The number of para-hydroxylation sites is 1. The van der Waals surface area contributed by atoms with Crippen LogP contribution in [-0.2, 0) is 6.54 Å². The quantitative estimate of drug-likeness (QED) is 0.650. The van der Waals surface area contributed by atoms with Crippen molar-refractivity contribution in [1.82, 2.24) is 4.57 Å². The molecule has 0 bridgehead atoms. The molecule has 0 amide bonds. The molecule has 2 aromatic carbocycles. The topological polar surface area (TPSA) is 47.2 Å². The average Bonchev–Trinajstić information content (AvgIpc) is 3.21. The van der Waals surface area contributed by atoms with Crippen LogP contribution in [0.25, 0.3) is 22.6 Å². The number of aromatic nitrogens is 1. The Morgan fingerprint density at radius 3 is 2.80 bits per heavy atom. The maximum absolute atomic E-state index is 9.72. The number of aryl methyl sites for hydroxylation is 1. The molecule has 0 unspecified atom stereocenters. The van der Waals surface area contributed by atoms with Crippen molar-refractivity contribution in [3.63, 3.8) is 0 Å². The van der Waals surface area contributed by atoms with Gasteiger partial charge in [-0.3, -0.25) is 0 Å². The van der Waals surface area contributed by atoms with Crippen molar-refractivity contribution in [2.75, 3.05) is 6.79 Å². The first kappa shape index (κ1) is 15.3. The van der Waals surface area contributed by atoms with Gasteiger partial charge < -0.3 is 14.0 Å². The summed E-state index contributed by atoms with van der Waals surface area (Å²) >= 11 is 0. The molecule has 4 nitrogen and oxygen atoms in total. The van der Waals surface area contributed by atoms with Gasteiger partial charge in [0.2, 0.25) is 6.79 Å². The Bertz CT molecular complexity index is 1040. The molecule has 25 heavy (non-hydrogen) atoms. The van der Waals surface area contributed by atoms with E-state index in [1.165, 1.54) is 5.52 Å². The van der Waals surface area contributed by atoms with Gasteiger partial charge >= 0.3 is 0 Å². The van der Waals surface area contributed by atoms with Crippen LogP contribution in [0.2, 0.25) is 0 Å². The van der Waals surface area contributed by atoms with E-state index in [4.69, 9.17) is 9.47 Å². The Balaban J connectivity index is 1.88. The fraction of sp³-hybridized carbons (Fsp3) is 0.190. The second-order valence-corrected chi connectivity index (χ2v) is 6.00. The summed E-state index contributed by atoms with van der Waals surface area (Å²) in [5.74, 6) is 1.41. The molecule has 1 aromatic heterocycles. The Hall–Kier alpha value is -3.19. The van der Waals surface area contributed by atoms with Gasteiger partial charge in [0, 0.05) is 28.7 Å². The van der Waals surface area contributed by atoms with Crippen molar-refractivity contribution < 1.29 is 9.47 Å². The summed E-state index contributed by atoms with van der Waals surface area (Å²) in [7, 11) is 0. The van der Waals surface area contributed by atoms with Crippen LogP contribution >= 0.6 is 0 Å². The highest BCUT2D eigenvalue weighted by Crippen LogP contribution is 2.36. The van der Waals surface area contributed by atoms with Gasteiger partial charge in [-0.15, -0.1) is 0 Å². The van der Waals surface area contributed by atoms with Gasteiger partial charge in [0.15, 0.2) is 11.5 Å². The lowest BCUT2D eigenvalue weighted by atomic mass is 10.0. The molecule has 3 aromatic rings. The highest BCUT2D eigenvalue weighted by molar-refractivity contribution is 5.99. The first-order valence-electron chi connectivity index (χ1n) is 8.32. The Labute approximate surface area is 146 Å². The number of nitrogens with zero attached hydrogens (tertiary/aromatic N) is 2. The molecular formula is C21H18N2O2. The van der Waals surface area contributed by atoms with E-state index < -0.39 is 0 Å². The minimum Gasteiger partial charge on any atom is -0.454 e. The van der Waals surface area contributed by atoms with E-state index in [0.717, 1.165) is 34.5 Å². The van der Waals surface area contributed by atoms with Gasteiger partial charge in [-0.05, 0) is 49.8 Å². The Morgan fingerprint density at radius 1 is 1.20 bits per heavy atom. The van der Waals surface area contributed by atoms with Gasteiger partial charge in [-0.1, -0.05) is 18.2 Å². The van der Waals surface area contributed by atoms with E-state index in [1.807, 2.05) is 36.4 Å². The zero-order valence-corrected chi connectivity index (χ0v) is 14.2. The maximum atomic E-state index is 9.72. The van der Waals surface area contributed by atoms with Crippen molar-refractivity contribution in [1.29, 1.82) is 5.26 Å². The van der Waals surface area contributed by atoms with Crippen LogP contribution in [-0.4, -0.2) is 11.4 Å². The van der Waals surface area contributed by atoms with Crippen LogP contribution in [0.15, 0.2) is 42.5 Å². The van der Waals surface area contributed by atoms with Gasteiger partial charge in [0.25, 0.3) is 0 Å². The summed E-state index contributed by atoms with van der Waals surface area (Å²) in [5.41, 5.74) is 4.89. The predicted molar refractivity (Wildman–Crippen MR) is 98.4 cm³/mol. The number of hydrogen-bond acceptors (Lipinski definition) is 3. The lowest BCUT2D eigenvalue weighted by molar-refractivity contribution is 0.174. The number of hydrogen-bond donors (Lipinski definition) is 0. The number of allylic oxidation sites excluding steroid dienone is 1. The monoisotopic (exact) mass is 330 g/mol. The number of nitriles is 1. The van der Waals surface area contributed by atoms with Crippen LogP contribution in [0, 0.1) is 18.3 Å². The molecule has 0 radical (unpaired) electrons. The minimum absolute atomic E-state index is 0.230. The Kier molecular flexibility index (Phi) is 3.70. The zero-order valence-electron chi connectivity index (χ0n) is 14.2. The van der Waals surface area contributed by atoms with E-state index in [-0.39, 0.29) is 6.79 Å². The van der Waals surface area contributed by atoms with Crippen molar-refractivity contribution >= 4 is 22.6 Å². The van der Waals surface area contributed by atoms with E-state index in [1.54, 1.807) is 0 Å². The highest BCUT2D eigenvalue weighted by Gasteiger charge is 2.16. The molecule has 0 fully saturated rings. The number of ether oxygens (including phenoxy) is 2. The van der Waals surface area contributed by atoms with Gasteiger partial charge in [0.1, 0.15) is 0 Å². The van der Waals surface area contributed by atoms with Crippen LogP contribution < -0.4 is 9.47 Å². The highest BCUT2D eigenvalue weighted by atomic mass is 16.7. The van der Waals surface area contributed by atoms with Crippen LogP contribution in [0.1, 0.15) is 23.7 Å². The van der Waals surface area contributed by atoms with E-state index in [2.05, 4.69) is 36.6 Å². The summed E-state index contributed by atoms with van der Waals surface area (Å²) in [5, 5.41) is 10.9. The molecule has 0 saturated heterocycles. The van der Waals surface area contributed by atoms with Crippen LogP contribution in [0.3, 0.4) is 0 Å². The van der Waals surface area contributed by atoms with Crippen LogP contribution in [0.4, 0.5) is 0 Å². The summed E-state index contributed by atoms with van der Waals surface area (Å²) in [6.07, 6.45) is 1.97. The number of fused-ring (bicyclic) bond motifs is 2. The van der Waals surface area contributed by atoms with E-state index in [9.17, 15) is 5.26 Å². The molecule has 0 N–H and O–H groups in total. The predicted octanol–water partition coefficient (Wildman–Crippen LogP) is 4.76. The largest absolute Gasteiger partial charge is 0.454 e. The number of benzene rings is 2. The Morgan fingerprint density at radius 2 is 2.00 bits per heavy atom.